The molecule has 3 heteroatoms. The summed E-state index contributed by atoms with van der Waals surface area (Å²) in [5.74, 6) is 1.76. The van der Waals surface area contributed by atoms with Crippen LogP contribution in [0.1, 0.15) is 44.0 Å². The van der Waals surface area contributed by atoms with Gasteiger partial charge >= 0.3 is 0 Å². The van der Waals surface area contributed by atoms with Crippen molar-refractivity contribution in [1.29, 1.82) is 0 Å². The van der Waals surface area contributed by atoms with E-state index >= 15 is 0 Å². The summed E-state index contributed by atoms with van der Waals surface area (Å²) in [6.07, 6.45) is 6.65. The molecule has 1 aromatic heterocycles. The highest BCUT2D eigenvalue weighted by molar-refractivity contribution is 5.10. The highest BCUT2D eigenvalue weighted by Gasteiger charge is 2.25. The van der Waals surface area contributed by atoms with Crippen LogP contribution in [0.5, 0.6) is 0 Å². The van der Waals surface area contributed by atoms with Gasteiger partial charge in [0.15, 0.2) is 0 Å². The van der Waals surface area contributed by atoms with Gasteiger partial charge in [-0.3, -0.25) is 4.68 Å². The van der Waals surface area contributed by atoms with E-state index in [4.69, 9.17) is 0 Å². The van der Waals surface area contributed by atoms with E-state index in [1.54, 1.807) is 0 Å². The first-order valence-corrected chi connectivity index (χ1v) is 7.27. The van der Waals surface area contributed by atoms with Crippen LogP contribution in [0.3, 0.4) is 0 Å². The van der Waals surface area contributed by atoms with E-state index in [0.29, 0.717) is 6.04 Å². The molecule has 0 aromatic carbocycles. The molecule has 1 atom stereocenters. The van der Waals surface area contributed by atoms with Gasteiger partial charge in [-0.1, -0.05) is 19.8 Å². The van der Waals surface area contributed by atoms with E-state index in [1.165, 1.54) is 31.4 Å². The maximum Gasteiger partial charge on any atom is 0.0596 e. The molecule has 1 saturated carbocycles. The molecule has 0 radical (unpaired) electrons. The van der Waals surface area contributed by atoms with Crippen LogP contribution in [0.2, 0.25) is 0 Å². The van der Waals surface area contributed by atoms with Gasteiger partial charge in [-0.15, -0.1) is 0 Å². The Kier molecular flexibility index (Phi) is 4.44. The van der Waals surface area contributed by atoms with Crippen molar-refractivity contribution in [2.75, 3.05) is 7.05 Å². The van der Waals surface area contributed by atoms with Crippen LogP contribution < -0.4 is 5.32 Å². The van der Waals surface area contributed by atoms with Gasteiger partial charge < -0.3 is 5.32 Å². The number of aromatic nitrogens is 2. The number of nitrogens with one attached hydrogen (secondary N) is 1. The lowest BCUT2D eigenvalue weighted by molar-refractivity contribution is 0.233. The summed E-state index contributed by atoms with van der Waals surface area (Å²) < 4.78 is 2.03. The smallest absolute Gasteiger partial charge is 0.0596 e. The van der Waals surface area contributed by atoms with Crippen molar-refractivity contribution in [3.05, 3.63) is 17.5 Å². The Morgan fingerprint density at radius 1 is 1.39 bits per heavy atom. The van der Waals surface area contributed by atoms with Crippen molar-refractivity contribution < 1.29 is 0 Å². The van der Waals surface area contributed by atoms with Gasteiger partial charge in [0, 0.05) is 25.2 Å². The molecular weight excluding hydrogens is 222 g/mol. The Hall–Kier alpha value is -0.830. The Morgan fingerprint density at radius 2 is 2.06 bits per heavy atom. The van der Waals surface area contributed by atoms with Crippen molar-refractivity contribution in [2.45, 2.75) is 52.0 Å². The van der Waals surface area contributed by atoms with Gasteiger partial charge in [-0.05, 0) is 44.7 Å². The molecule has 3 nitrogen and oxygen atoms in total. The third-order valence-electron chi connectivity index (χ3n) is 4.53. The van der Waals surface area contributed by atoms with E-state index in [-0.39, 0.29) is 0 Å². The Bertz CT molecular complexity index is 375. The van der Waals surface area contributed by atoms with Gasteiger partial charge in [0.25, 0.3) is 0 Å². The van der Waals surface area contributed by atoms with Crippen LogP contribution >= 0.6 is 0 Å². The first-order chi connectivity index (χ1) is 8.60. The maximum atomic E-state index is 4.44. The van der Waals surface area contributed by atoms with Gasteiger partial charge in [-0.2, -0.15) is 5.10 Å². The zero-order valence-corrected chi connectivity index (χ0v) is 12.2. The molecule has 1 aromatic rings. The third-order valence-corrected chi connectivity index (χ3v) is 4.53. The van der Waals surface area contributed by atoms with E-state index in [1.807, 2.05) is 4.68 Å². The monoisotopic (exact) mass is 249 g/mol. The average Bonchev–Trinajstić information content (AvgIpc) is 2.66. The summed E-state index contributed by atoms with van der Waals surface area (Å²) in [4.78, 5) is 0. The van der Waals surface area contributed by atoms with Gasteiger partial charge in [0.05, 0.1) is 5.69 Å². The highest BCUT2D eigenvalue weighted by atomic mass is 15.3. The molecule has 0 aliphatic heterocycles. The zero-order chi connectivity index (χ0) is 13.1. The van der Waals surface area contributed by atoms with Crippen molar-refractivity contribution >= 4 is 0 Å². The molecule has 1 fully saturated rings. The molecule has 2 rings (SSSR count). The van der Waals surface area contributed by atoms with Crippen molar-refractivity contribution in [2.24, 2.45) is 18.9 Å². The average molecular weight is 249 g/mol. The highest BCUT2D eigenvalue weighted by Crippen LogP contribution is 2.31. The van der Waals surface area contributed by atoms with E-state index in [0.717, 1.165) is 24.0 Å². The van der Waals surface area contributed by atoms with Gasteiger partial charge in [0.1, 0.15) is 0 Å². The molecule has 102 valence electrons. The third kappa shape index (κ3) is 3.14. The second-order valence-corrected chi connectivity index (χ2v) is 6.02. The number of hydrogen-bond acceptors (Lipinski definition) is 2. The summed E-state index contributed by atoms with van der Waals surface area (Å²) in [6.45, 7) is 4.45. The lowest BCUT2D eigenvalue weighted by Gasteiger charge is -2.32. The normalized spacial score (nSPS) is 26.2. The SMILES string of the molecule is CNC(Cc1cc(C)nn1C)C1CCC(C)CC1. The first kappa shape index (κ1) is 13.6. The standard InChI is InChI=1S/C15H27N3/c1-11-5-7-13(8-6-11)15(16-3)10-14-9-12(2)17-18(14)4/h9,11,13,15-16H,5-8,10H2,1-4H3. The Morgan fingerprint density at radius 3 is 2.56 bits per heavy atom. The van der Waals surface area contributed by atoms with Crippen LogP contribution in [-0.2, 0) is 13.5 Å². The molecule has 0 amide bonds. The van der Waals surface area contributed by atoms with Crippen LogP contribution in [0.15, 0.2) is 6.07 Å². The molecule has 0 spiro atoms. The van der Waals surface area contributed by atoms with Gasteiger partial charge in [0.2, 0.25) is 0 Å². The minimum Gasteiger partial charge on any atom is -0.316 e. The van der Waals surface area contributed by atoms with E-state index in [9.17, 15) is 0 Å². The molecular formula is C15H27N3. The quantitative estimate of drug-likeness (QED) is 0.889. The van der Waals surface area contributed by atoms with Gasteiger partial charge in [-0.25, -0.2) is 0 Å². The largest absolute Gasteiger partial charge is 0.316 e. The molecule has 1 N–H and O–H groups in total. The second kappa shape index (κ2) is 5.87. The molecule has 1 aliphatic rings. The van der Waals surface area contributed by atoms with E-state index in [2.05, 4.69) is 44.4 Å². The molecule has 1 aliphatic carbocycles. The number of likely N-dealkylation sites (N-methyl/N-ethyl adjacent to an activating group) is 1. The first-order valence-electron chi connectivity index (χ1n) is 7.27. The topological polar surface area (TPSA) is 29.9 Å². The summed E-state index contributed by atoms with van der Waals surface area (Å²) >= 11 is 0. The lowest BCUT2D eigenvalue weighted by Crippen LogP contribution is -2.38. The number of aryl methyl sites for hydroxylation is 2. The Balaban J connectivity index is 1.99. The van der Waals surface area contributed by atoms with Crippen LogP contribution in [0.4, 0.5) is 0 Å². The molecule has 0 saturated heterocycles. The Labute approximate surface area is 111 Å². The fourth-order valence-electron chi connectivity index (χ4n) is 3.27. The lowest BCUT2D eigenvalue weighted by atomic mass is 9.78. The zero-order valence-electron chi connectivity index (χ0n) is 12.2. The minimum atomic E-state index is 0.604. The molecule has 1 unspecified atom stereocenters. The van der Waals surface area contributed by atoms with Crippen LogP contribution in [0, 0.1) is 18.8 Å². The fourth-order valence-corrected chi connectivity index (χ4v) is 3.27. The minimum absolute atomic E-state index is 0.604. The summed E-state index contributed by atoms with van der Waals surface area (Å²) in [7, 11) is 4.16. The summed E-state index contributed by atoms with van der Waals surface area (Å²) in [5.41, 5.74) is 2.48. The molecule has 0 bridgehead atoms. The van der Waals surface area contributed by atoms with Crippen LogP contribution in [0.25, 0.3) is 0 Å². The summed E-state index contributed by atoms with van der Waals surface area (Å²) in [6, 6.07) is 2.82. The number of nitrogens with zero attached hydrogens (tertiary/aromatic N) is 2. The van der Waals surface area contributed by atoms with Crippen molar-refractivity contribution in [3.63, 3.8) is 0 Å². The van der Waals surface area contributed by atoms with Crippen LogP contribution in [-0.4, -0.2) is 22.9 Å². The fraction of sp³-hybridized carbons (Fsp3) is 0.800. The molecule has 1 heterocycles. The van der Waals surface area contributed by atoms with E-state index < -0.39 is 0 Å². The predicted molar refractivity (Wildman–Crippen MR) is 75.6 cm³/mol. The van der Waals surface area contributed by atoms with Crippen molar-refractivity contribution in [1.82, 2.24) is 15.1 Å². The second-order valence-electron chi connectivity index (χ2n) is 6.02. The van der Waals surface area contributed by atoms with Crippen molar-refractivity contribution in [3.8, 4) is 0 Å². The number of rotatable bonds is 4. The molecule has 18 heavy (non-hydrogen) atoms. The maximum absolute atomic E-state index is 4.44. The summed E-state index contributed by atoms with van der Waals surface area (Å²) in [5, 5.41) is 7.97. The predicted octanol–water partition coefficient (Wildman–Crippen LogP) is 2.69. The number of hydrogen-bond donors (Lipinski definition) is 1.